The summed E-state index contributed by atoms with van der Waals surface area (Å²) in [5, 5.41) is 65.7. The number of benzene rings is 5. The number of thiazole rings is 1. The average Bonchev–Trinajstić information content (AvgIpc) is 1.77. The Labute approximate surface area is 822 Å². The molecule has 41 heteroatoms. The van der Waals surface area contributed by atoms with E-state index in [9.17, 15) is 107 Å². The first-order chi connectivity index (χ1) is 67.5. The first-order valence-corrected chi connectivity index (χ1v) is 48.5. The highest BCUT2D eigenvalue weighted by Crippen LogP contribution is 2.46. The molecule has 0 bridgehead atoms. The molecule has 4 aliphatic heterocycles. The second-order valence-corrected chi connectivity index (χ2v) is 39.8. The van der Waals surface area contributed by atoms with Crippen molar-refractivity contribution >= 4 is 63.8 Å². The summed E-state index contributed by atoms with van der Waals surface area (Å²) in [5.41, 5.74) is 0.633. The number of likely N-dealkylation sites (tertiary alicyclic amines) is 4. The molecule has 8 heterocycles. The van der Waals surface area contributed by atoms with Gasteiger partial charge in [-0.2, -0.15) is 52.7 Å². The van der Waals surface area contributed by atoms with Crippen LogP contribution in [0.5, 0.6) is 0 Å². The van der Waals surface area contributed by atoms with Crippen LogP contribution in [-0.2, 0) is 61.5 Å². The van der Waals surface area contributed by atoms with E-state index in [0.717, 1.165) is 146 Å². The van der Waals surface area contributed by atoms with Crippen molar-refractivity contribution in [1.82, 2.24) is 82.1 Å². The molecule has 4 saturated heterocycles. The second-order valence-electron chi connectivity index (χ2n) is 38.9. The summed E-state index contributed by atoms with van der Waals surface area (Å²) >= 11 is 1.47. The standard InChI is InChI=1S/C27H29F3N4O3.2C26H31F3N4O3.C23H27F3N4O3S/c1-17(14-31-24(35)18-5-4-6-19(13-18)27(28,29)30)32-20-15-34(16-20)21-9-11-26(36,12-10-21)25-33-22-7-2-3-8-23(22)37-25;2*1-16-9-18(11-20(10-16)26(27,28)29)24(35)31-13-23(34)32-21-14-33(15-21)22-5-7-25(36,8-6-22)19-4-3-17(2)30-12-19;1-14-6-15(8-16(7-14)23(24,25)26)21(32)28-10-20(31)29-17-11-30(12-17)18-2-4-22(33,5-3-18)19-9-27-13-34-19/h2-8,13,20-21,32,36H,1,9-12,14-16H2,(H,31,35);2*3-4,9-12,21-22,36H,5-8,13-15H2,1-2H3,(H,31,35)(H,32,34);6-9,13,17-18,33H,2-5,10-12H2,1H3,(H,28,32)(H,29,31). The van der Waals surface area contributed by atoms with Crippen LogP contribution in [0, 0.1) is 34.6 Å². The predicted octanol–water partition coefficient (Wildman–Crippen LogP) is 13.2. The number of halogens is 12. The number of aromatic nitrogens is 4. The zero-order valence-corrected chi connectivity index (χ0v) is 80.5. The lowest BCUT2D eigenvalue weighted by molar-refractivity contribution is -0.138. The number of carbonyl (C=O) groups excluding carboxylic acids is 7. The number of nitrogens with zero attached hydrogens (tertiary/aromatic N) is 8. The van der Waals surface area contributed by atoms with Crippen LogP contribution in [0.1, 0.15) is 216 Å². The highest BCUT2D eigenvalue weighted by atomic mass is 32.1. The lowest BCUT2D eigenvalue weighted by Crippen LogP contribution is -2.63. The van der Waals surface area contributed by atoms with E-state index in [1.165, 1.54) is 62.4 Å². The number of para-hydroxylation sites is 2. The second kappa shape index (κ2) is 44.8. The number of oxazole rings is 1. The fourth-order valence-corrected chi connectivity index (χ4v) is 20.5. The third-order valence-corrected chi connectivity index (χ3v) is 28.9. The number of rotatable bonds is 25. The maximum Gasteiger partial charge on any atom is 0.416 e. The third kappa shape index (κ3) is 28.0. The zero-order valence-electron chi connectivity index (χ0n) is 79.6. The minimum Gasteiger partial charge on any atom is -0.438 e. The molecule has 7 amide bonds. The monoisotopic (exact) mass is 2020 g/mol. The Morgan fingerprint density at radius 1 is 0.392 bits per heavy atom. The molecule has 0 radical (unpaired) electrons. The van der Waals surface area contributed by atoms with Crippen LogP contribution in [0.25, 0.3) is 11.1 Å². The van der Waals surface area contributed by atoms with E-state index >= 15 is 0 Å². The molecular formula is C102H118F12N16O12S. The van der Waals surface area contributed by atoms with Gasteiger partial charge in [-0.3, -0.25) is 68.1 Å². The maximum atomic E-state index is 13.0. The number of pyridine rings is 2. The minimum atomic E-state index is -4.55. The van der Waals surface area contributed by atoms with Gasteiger partial charge in [-0.1, -0.05) is 36.9 Å². The van der Waals surface area contributed by atoms with Gasteiger partial charge in [-0.05, 0) is 251 Å². The molecule has 0 spiro atoms. The van der Waals surface area contributed by atoms with Crippen molar-refractivity contribution in [1.29, 1.82) is 0 Å². The van der Waals surface area contributed by atoms with Gasteiger partial charge in [0.15, 0.2) is 5.58 Å². The molecule has 17 rings (SSSR count). The summed E-state index contributed by atoms with van der Waals surface area (Å²) in [6.07, 6.45) is -1.06. The van der Waals surface area contributed by atoms with Crippen LogP contribution >= 0.6 is 11.3 Å². The number of hydrogen-bond acceptors (Lipinski definition) is 22. The van der Waals surface area contributed by atoms with Gasteiger partial charge in [0.1, 0.15) is 16.7 Å². The third-order valence-electron chi connectivity index (χ3n) is 28.0. The Morgan fingerprint density at radius 3 is 1.07 bits per heavy atom. The number of fused-ring (bicyclic) bond motifs is 1. The number of aryl methyl sites for hydroxylation is 5. The van der Waals surface area contributed by atoms with E-state index in [1.54, 1.807) is 24.1 Å². The van der Waals surface area contributed by atoms with Gasteiger partial charge >= 0.3 is 24.7 Å². The van der Waals surface area contributed by atoms with E-state index in [2.05, 4.69) is 88.6 Å². The molecule has 4 aliphatic carbocycles. The molecule has 4 aromatic heterocycles. The molecule has 4 saturated carbocycles. The molecule has 9 aromatic rings. The summed E-state index contributed by atoms with van der Waals surface area (Å²) in [7, 11) is 0. The van der Waals surface area contributed by atoms with Crippen LogP contribution in [0.3, 0.4) is 0 Å². The van der Waals surface area contributed by atoms with Crippen molar-refractivity contribution in [2.45, 2.75) is 233 Å². The van der Waals surface area contributed by atoms with Crippen LogP contribution in [0.4, 0.5) is 52.7 Å². The van der Waals surface area contributed by atoms with E-state index in [4.69, 9.17) is 4.42 Å². The normalized spacial score (nSPS) is 23.3. The first kappa shape index (κ1) is 107. The van der Waals surface area contributed by atoms with Gasteiger partial charge in [-0.15, -0.1) is 11.3 Å². The van der Waals surface area contributed by atoms with E-state index in [-0.39, 0.29) is 90.3 Å². The SMILES string of the molecule is C=C(CNC(=O)c1cccc(C(F)(F)F)c1)NC1CN(C2CCC(O)(c3nc4ccccc4o3)CC2)C1.Cc1cc(C(=O)NCC(=O)NC2CN(C3CCC(O)(c4ccc(C)nc4)CC3)C2)cc(C(F)(F)F)c1.Cc1cc(C(=O)NCC(=O)NC2CN(C3CCC(O)(c4ccc(C)nc4)CC3)C2)cc(C(F)(F)F)c1.Cc1cc(C(=O)NCC(=O)NC2CN(C3CCC(O)(c4cncs4)CC3)C2)cc(C(F)(F)F)c1. The lowest BCUT2D eigenvalue weighted by atomic mass is 9.77. The highest BCUT2D eigenvalue weighted by Gasteiger charge is 2.48. The minimum absolute atomic E-state index is 0.0393. The van der Waals surface area contributed by atoms with Crippen molar-refractivity contribution in [2.75, 3.05) is 78.5 Å². The van der Waals surface area contributed by atoms with Crippen molar-refractivity contribution in [3.05, 3.63) is 258 Å². The first-order valence-electron chi connectivity index (χ1n) is 47.7. The Kier molecular flexibility index (Phi) is 33.5. The van der Waals surface area contributed by atoms with Gasteiger partial charge in [-0.25, -0.2) is 4.98 Å². The van der Waals surface area contributed by atoms with Crippen LogP contribution in [-0.4, -0.2) is 228 Å². The molecule has 12 N–H and O–H groups in total. The Balaban J connectivity index is 0.000000151. The Hall–Kier alpha value is -11.8. The average molecular weight is 2020 g/mol. The lowest BCUT2D eigenvalue weighted by Gasteiger charge is -2.48. The van der Waals surface area contributed by atoms with Gasteiger partial charge in [0.2, 0.25) is 23.6 Å². The molecule has 5 aromatic carbocycles. The molecule has 28 nitrogen and oxygen atoms in total. The highest BCUT2D eigenvalue weighted by molar-refractivity contribution is 7.09. The molecular weight excluding hydrogens is 1900 g/mol. The van der Waals surface area contributed by atoms with Crippen LogP contribution in [0.2, 0.25) is 0 Å². The van der Waals surface area contributed by atoms with E-state index in [1.807, 2.05) is 62.4 Å². The van der Waals surface area contributed by atoms with Crippen molar-refractivity contribution in [3.63, 3.8) is 0 Å². The summed E-state index contributed by atoms with van der Waals surface area (Å²) in [5.74, 6) is -3.54. The largest absolute Gasteiger partial charge is 0.438 e. The fourth-order valence-electron chi connectivity index (χ4n) is 19.8. The number of amides is 7. The number of hydrogen-bond donors (Lipinski definition) is 12. The predicted molar refractivity (Wildman–Crippen MR) is 506 cm³/mol. The van der Waals surface area contributed by atoms with E-state index < -0.39 is 93.0 Å². The Bertz CT molecular complexity index is 5760. The summed E-state index contributed by atoms with van der Waals surface area (Å²) in [6, 6.07) is 30.2. The molecule has 143 heavy (non-hydrogen) atoms. The van der Waals surface area contributed by atoms with E-state index in [0.29, 0.717) is 149 Å². The van der Waals surface area contributed by atoms with Crippen LogP contribution < -0.4 is 42.5 Å². The maximum absolute atomic E-state index is 13.0. The quantitative estimate of drug-likeness (QED) is 0.0236. The molecule has 0 atom stereocenters. The number of carbonyl (C=O) groups is 7. The summed E-state index contributed by atoms with van der Waals surface area (Å²) in [6.45, 7) is 17.1. The number of alkyl halides is 12. The number of nitrogens with one attached hydrogen (secondary N) is 8. The van der Waals surface area contributed by atoms with Crippen molar-refractivity contribution in [3.8, 4) is 0 Å². The number of aliphatic hydroxyl groups is 4. The molecule has 0 unspecified atom stereocenters. The van der Waals surface area contributed by atoms with Crippen molar-refractivity contribution in [2.24, 2.45) is 0 Å². The Morgan fingerprint density at radius 2 is 0.727 bits per heavy atom. The molecule has 768 valence electrons. The van der Waals surface area contributed by atoms with Crippen molar-refractivity contribution < 1.29 is 111 Å². The van der Waals surface area contributed by atoms with Gasteiger partial charge < -0.3 is 67.4 Å². The van der Waals surface area contributed by atoms with Gasteiger partial charge in [0.25, 0.3) is 23.6 Å². The fraction of sp³-hybridized carbons (Fsp3) is 0.480. The van der Waals surface area contributed by atoms with Gasteiger partial charge in [0, 0.05) is 146 Å². The topological polar surface area (TPSA) is 374 Å². The summed E-state index contributed by atoms with van der Waals surface area (Å²) < 4.78 is 161. The summed E-state index contributed by atoms with van der Waals surface area (Å²) in [4.78, 5) is 113. The van der Waals surface area contributed by atoms with Gasteiger partial charge in [0.05, 0.1) is 94.2 Å². The smallest absolute Gasteiger partial charge is 0.416 e. The zero-order chi connectivity index (χ0) is 103. The van der Waals surface area contributed by atoms with Crippen LogP contribution in [0.15, 0.2) is 168 Å². The molecule has 8 aliphatic rings. The molecule has 8 fully saturated rings.